The second-order valence-corrected chi connectivity index (χ2v) is 4.39. The van der Waals surface area contributed by atoms with E-state index < -0.39 is 0 Å². The van der Waals surface area contributed by atoms with Crippen LogP contribution in [-0.2, 0) is 11.2 Å². The fraction of sp³-hybridized carbons (Fsp3) is 0.500. The Morgan fingerprint density at radius 3 is 2.39 bits per heavy atom. The van der Waals surface area contributed by atoms with Crippen LogP contribution in [0.25, 0.3) is 0 Å². The lowest BCUT2D eigenvalue weighted by Gasteiger charge is -2.11. The topological polar surface area (TPSA) is 50.4 Å². The molecule has 4 nitrogen and oxygen atoms in total. The molecule has 0 saturated heterocycles. The molecule has 0 atom stereocenters. The van der Waals surface area contributed by atoms with E-state index in [9.17, 15) is 4.79 Å². The highest BCUT2D eigenvalue weighted by atomic mass is 16.5. The lowest BCUT2D eigenvalue weighted by molar-refractivity contribution is -0.120. The zero-order valence-corrected chi connectivity index (χ0v) is 11.6. The van der Waals surface area contributed by atoms with Crippen molar-refractivity contribution in [1.82, 2.24) is 10.6 Å². The van der Waals surface area contributed by atoms with Gasteiger partial charge >= 0.3 is 0 Å². The number of hydrogen-bond acceptors (Lipinski definition) is 3. The van der Waals surface area contributed by atoms with Crippen LogP contribution in [0.2, 0.25) is 0 Å². The largest absolute Gasteiger partial charge is 0.496 e. The molecule has 0 bridgehead atoms. The molecule has 18 heavy (non-hydrogen) atoms. The van der Waals surface area contributed by atoms with Gasteiger partial charge in [-0.25, -0.2) is 0 Å². The van der Waals surface area contributed by atoms with Crippen molar-refractivity contribution in [3.63, 3.8) is 0 Å². The molecule has 1 aromatic rings. The Kier molecular flexibility index (Phi) is 5.65. The van der Waals surface area contributed by atoms with Crippen LogP contribution >= 0.6 is 0 Å². The second-order valence-electron chi connectivity index (χ2n) is 4.39. The van der Waals surface area contributed by atoms with Crippen LogP contribution < -0.4 is 15.4 Å². The summed E-state index contributed by atoms with van der Waals surface area (Å²) < 4.78 is 5.33. The molecule has 4 heteroatoms. The summed E-state index contributed by atoms with van der Waals surface area (Å²) in [5.74, 6) is 0.970. The maximum absolute atomic E-state index is 11.3. The smallest absolute Gasteiger partial charge is 0.233 e. The third kappa shape index (κ3) is 4.04. The first-order valence-electron chi connectivity index (χ1n) is 6.14. The summed E-state index contributed by atoms with van der Waals surface area (Å²) in [5, 5.41) is 5.69. The van der Waals surface area contributed by atoms with Gasteiger partial charge in [-0.05, 0) is 44.0 Å². The van der Waals surface area contributed by atoms with Gasteiger partial charge in [0.05, 0.1) is 13.7 Å². The van der Waals surface area contributed by atoms with E-state index >= 15 is 0 Å². The number of carbonyl (C=O) groups excluding carboxylic acids is 1. The standard InChI is InChI=1S/C14H22N2O2/c1-10-7-12(8-11(2)14(10)18-4)5-6-16-13(17)9-15-3/h7-8,15H,5-6,9H2,1-4H3,(H,16,17). The summed E-state index contributed by atoms with van der Waals surface area (Å²) in [6, 6.07) is 4.21. The van der Waals surface area contributed by atoms with Gasteiger partial charge < -0.3 is 15.4 Å². The minimum absolute atomic E-state index is 0.0273. The minimum Gasteiger partial charge on any atom is -0.496 e. The molecule has 0 heterocycles. The van der Waals surface area contributed by atoms with Crippen molar-refractivity contribution >= 4 is 5.91 Å². The first kappa shape index (κ1) is 14.5. The number of aryl methyl sites for hydroxylation is 2. The van der Waals surface area contributed by atoms with Crippen LogP contribution in [0.3, 0.4) is 0 Å². The third-order valence-corrected chi connectivity index (χ3v) is 2.80. The number of amides is 1. The number of hydrogen-bond donors (Lipinski definition) is 2. The Hall–Kier alpha value is -1.55. The molecule has 0 spiro atoms. The Morgan fingerprint density at radius 1 is 1.28 bits per heavy atom. The van der Waals surface area contributed by atoms with Crippen molar-refractivity contribution in [3.05, 3.63) is 28.8 Å². The lowest BCUT2D eigenvalue weighted by Crippen LogP contribution is -2.33. The van der Waals surface area contributed by atoms with Crippen LogP contribution in [0.15, 0.2) is 12.1 Å². The number of ether oxygens (including phenoxy) is 1. The van der Waals surface area contributed by atoms with E-state index in [2.05, 4.69) is 22.8 Å². The van der Waals surface area contributed by atoms with Gasteiger partial charge in [-0.3, -0.25) is 4.79 Å². The summed E-state index contributed by atoms with van der Waals surface area (Å²) >= 11 is 0. The molecule has 0 radical (unpaired) electrons. The molecule has 0 aliphatic rings. The van der Waals surface area contributed by atoms with E-state index in [0.29, 0.717) is 13.1 Å². The van der Waals surface area contributed by atoms with Gasteiger partial charge in [-0.15, -0.1) is 0 Å². The molecular formula is C14H22N2O2. The van der Waals surface area contributed by atoms with Crippen molar-refractivity contribution in [2.75, 3.05) is 27.2 Å². The number of nitrogens with one attached hydrogen (secondary N) is 2. The summed E-state index contributed by atoms with van der Waals surface area (Å²) in [6.07, 6.45) is 0.834. The fourth-order valence-electron chi connectivity index (χ4n) is 2.08. The van der Waals surface area contributed by atoms with E-state index in [1.54, 1.807) is 14.2 Å². The van der Waals surface area contributed by atoms with Crippen molar-refractivity contribution in [2.45, 2.75) is 20.3 Å². The van der Waals surface area contributed by atoms with E-state index in [0.717, 1.165) is 23.3 Å². The molecule has 0 unspecified atom stereocenters. The Labute approximate surface area is 109 Å². The zero-order chi connectivity index (χ0) is 13.5. The lowest BCUT2D eigenvalue weighted by atomic mass is 10.0. The monoisotopic (exact) mass is 250 g/mol. The number of likely N-dealkylation sites (N-methyl/N-ethyl adjacent to an activating group) is 1. The third-order valence-electron chi connectivity index (χ3n) is 2.80. The highest BCUT2D eigenvalue weighted by molar-refractivity contribution is 5.77. The van der Waals surface area contributed by atoms with Crippen LogP contribution in [0, 0.1) is 13.8 Å². The van der Waals surface area contributed by atoms with E-state index in [1.165, 1.54) is 5.56 Å². The molecule has 1 aromatic carbocycles. The second kappa shape index (κ2) is 7.01. The predicted molar refractivity (Wildman–Crippen MR) is 73.1 cm³/mol. The maximum atomic E-state index is 11.3. The highest BCUT2D eigenvalue weighted by Gasteiger charge is 2.05. The van der Waals surface area contributed by atoms with Crippen molar-refractivity contribution < 1.29 is 9.53 Å². The normalized spacial score (nSPS) is 10.2. The van der Waals surface area contributed by atoms with E-state index in [1.807, 2.05) is 13.8 Å². The van der Waals surface area contributed by atoms with E-state index in [-0.39, 0.29) is 5.91 Å². The van der Waals surface area contributed by atoms with Gasteiger partial charge in [0.25, 0.3) is 0 Å². The Morgan fingerprint density at radius 2 is 1.89 bits per heavy atom. The van der Waals surface area contributed by atoms with Gasteiger partial charge in [0.1, 0.15) is 5.75 Å². The molecule has 0 aliphatic heterocycles. The summed E-state index contributed by atoms with van der Waals surface area (Å²) in [4.78, 5) is 11.3. The van der Waals surface area contributed by atoms with Crippen molar-refractivity contribution in [2.24, 2.45) is 0 Å². The van der Waals surface area contributed by atoms with Crippen LogP contribution in [-0.4, -0.2) is 33.2 Å². The zero-order valence-electron chi connectivity index (χ0n) is 11.6. The summed E-state index contributed by atoms with van der Waals surface area (Å²) in [5.41, 5.74) is 3.48. The Balaban J connectivity index is 2.56. The van der Waals surface area contributed by atoms with Crippen molar-refractivity contribution in [1.29, 1.82) is 0 Å². The highest BCUT2D eigenvalue weighted by Crippen LogP contribution is 2.24. The van der Waals surface area contributed by atoms with Crippen molar-refractivity contribution in [3.8, 4) is 5.75 Å². The number of methoxy groups -OCH3 is 1. The molecule has 2 N–H and O–H groups in total. The molecule has 0 fully saturated rings. The molecule has 1 rings (SSSR count). The van der Waals surface area contributed by atoms with Gasteiger partial charge in [0, 0.05) is 6.54 Å². The number of rotatable bonds is 6. The van der Waals surface area contributed by atoms with Crippen LogP contribution in [0.4, 0.5) is 0 Å². The molecule has 100 valence electrons. The fourth-order valence-corrected chi connectivity index (χ4v) is 2.08. The summed E-state index contributed by atoms with van der Waals surface area (Å²) in [7, 11) is 3.45. The van der Waals surface area contributed by atoms with Crippen LogP contribution in [0.5, 0.6) is 5.75 Å². The average molecular weight is 250 g/mol. The first-order chi connectivity index (χ1) is 8.58. The predicted octanol–water partition coefficient (Wildman–Crippen LogP) is 1.19. The number of carbonyl (C=O) groups is 1. The Bertz CT molecular complexity index is 393. The van der Waals surface area contributed by atoms with Crippen LogP contribution in [0.1, 0.15) is 16.7 Å². The minimum atomic E-state index is 0.0273. The van der Waals surface area contributed by atoms with Gasteiger partial charge in [0.2, 0.25) is 5.91 Å². The average Bonchev–Trinajstić information content (AvgIpc) is 2.29. The quantitative estimate of drug-likeness (QED) is 0.797. The van der Waals surface area contributed by atoms with Gasteiger partial charge in [-0.2, -0.15) is 0 Å². The molecule has 0 aromatic heterocycles. The van der Waals surface area contributed by atoms with Gasteiger partial charge in [-0.1, -0.05) is 12.1 Å². The molecule has 0 aliphatic carbocycles. The van der Waals surface area contributed by atoms with Gasteiger partial charge in [0.15, 0.2) is 0 Å². The first-order valence-corrected chi connectivity index (χ1v) is 6.14. The maximum Gasteiger partial charge on any atom is 0.233 e. The molecule has 1 amide bonds. The summed E-state index contributed by atoms with van der Waals surface area (Å²) in [6.45, 7) is 5.09. The van der Waals surface area contributed by atoms with E-state index in [4.69, 9.17) is 4.74 Å². The SMILES string of the molecule is CNCC(=O)NCCc1cc(C)c(OC)c(C)c1. The molecular weight excluding hydrogens is 228 g/mol. The number of benzene rings is 1. The molecule has 0 saturated carbocycles.